The Labute approximate surface area is 216 Å². The van der Waals surface area contributed by atoms with Crippen molar-refractivity contribution in [1.29, 1.82) is 0 Å². The first-order valence-electron chi connectivity index (χ1n) is 13.7. The van der Waals surface area contributed by atoms with E-state index in [9.17, 15) is 17.8 Å². The summed E-state index contributed by atoms with van der Waals surface area (Å²) in [6, 6.07) is 0. The lowest BCUT2D eigenvalue weighted by molar-refractivity contribution is -0.121. The smallest absolute Gasteiger partial charge is 0.219 e. The summed E-state index contributed by atoms with van der Waals surface area (Å²) in [5.41, 5.74) is -1.04. The number of allylic oxidation sites excluding steroid dienone is 2. The molecular formula is C27H56N2O5S. The van der Waals surface area contributed by atoms with Gasteiger partial charge >= 0.3 is 0 Å². The van der Waals surface area contributed by atoms with E-state index in [1.165, 1.54) is 64.2 Å². The quantitative estimate of drug-likeness (QED) is 0.0620. The molecule has 0 spiro atoms. The van der Waals surface area contributed by atoms with Crippen LogP contribution in [0.15, 0.2) is 12.2 Å². The summed E-state index contributed by atoms with van der Waals surface area (Å²) in [6.07, 6.45) is 23.5. The van der Waals surface area contributed by atoms with Gasteiger partial charge in [-0.25, -0.2) is 8.42 Å². The van der Waals surface area contributed by atoms with E-state index >= 15 is 0 Å². The van der Waals surface area contributed by atoms with Crippen LogP contribution in [0.2, 0.25) is 0 Å². The zero-order valence-corrected chi connectivity index (χ0v) is 24.2. The zero-order valence-electron chi connectivity index (χ0n) is 23.4. The predicted molar refractivity (Wildman–Crippen MR) is 146 cm³/mol. The molecule has 1 unspecified atom stereocenters. The van der Waals surface area contributed by atoms with Gasteiger partial charge in [0.05, 0.1) is 5.60 Å². The van der Waals surface area contributed by atoms with Crippen LogP contribution in [0.25, 0.3) is 0 Å². The standard InChI is InChI=1S/C27H53NO5S.H3N/c1-5-7-8-9-10-11-12-13-14-15-16-17-18-19-20-23-26(29)28-24-21-22-25(6-2)27(3,4)33-34(30,31)32;/h13-14,25H,5-12,15-24H2,1-4H3,(H,28,29)(H,30,31,32);1H3/b14-13-;. The van der Waals surface area contributed by atoms with Gasteiger partial charge in [-0.2, -0.15) is 0 Å². The Balaban J connectivity index is 0. The molecule has 0 aliphatic rings. The second-order valence-electron chi connectivity index (χ2n) is 10.0. The van der Waals surface area contributed by atoms with Crippen LogP contribution in [0, 0.1) is 5.92 Å². The van der Waals surface area contributed by atoms with Gasteiger partial charge < -0.3 is 16.0 Å². The van der Waals surface area contributed by atoms with Crippen LogP contribution in [0.3, 0.4) is 0 Å². The third-order valence-corrected chi connectivity index (χ3v) is 7.14. The minimum Gasteiger partial charge on any atom is -0.726 e. The second kappa shape index (κ2) is 22.3. The molecule has 0 rings (SSSR count). The Morgan fingerprint density at radius 3 is 1.91 bits per heavy atom. The summed E-state index contributed by atoms with van der Waals surface area (Å²) in [5.74, 6) is 0.00171. The molecule has 7 nitrogen and oxygen atoms in total. The first kappa shape index (κ1) is 36.2. The Bertz CT molecular complexity index is 635. The molecular weight excluding hydrogens is 464 g/mol. The molecule has 1 atom stereocenters. The Morgan fingerprint density at radius 2 is 1.40 bits per heavy atom. The van der Waals surface area contributed by atoms with Crippen molar-refractivity contribution in [3.05, 3.63) is 12.2 Å². The molecule has 210 valence electrons. The van der Waals surface area contributed by atoms with Crippen molar-refractivity contribution in [1.82, 2.24) is 11.5 Å². The van der Waals surface area contributed by atoms with E-state index in [0.717, 1.165) is 25.7 Å². The summed E-state index contributed by atoms with van der Waals surface area (Å²) in [5, 5.41) is 2.94. The predicted octanol–water partition coefficient (Wildman–Crippen LogP) is 7.58. The van der Waals surface area contributed by atoms with Gasteiger partial charge in [-0.3, -0.25) is 8.98 Å². The molecule has 0 fully saturated rings. The third-order valence-electron chi connectivity index (χ3n) is 6.51. The fraction of sp³-hybridized carbons (Fsp3) is 0.889. The van der Waals surface area contributed by atoms with Gasteiger partial charge in [-0.1, -0.05) is 83.8 Å². The highest BCUT2D eigenvalue weighted by Crippen LogP contribution is 2.29. The summed E-state index contributed by atoms with van der Waals surface area (Å²) >= 11 is 0. The number of unbranched alkanes of at least 4 members (excludes halogenated alkanes) is 11. The van der Waals surface area contributed by atoms with Crippen LogP contribution in [0.5, 0.6) is 0 Å². The molecule has 0 aromatic carbocycles. The number of rotatable bonds is 23. The normalized spacial score (nSPS) is 13.1. The van der Waals surface area contributed by atoms with Crippen molar-refractivity contribution in [3.63, 3.8) is 0 Å². The number of carbonyl (C=O) groups excluding carboxylic acids is 1. The maximum Gasteiger partial charge on any atom is 0.219 e. The van der Waals surface area contributed by atoms with Gasteiger partial charge in [-0.15, -0.1) is 0 Å². The monoisotopic (exact) mass is 520 g/mol. The van der Waals surface area contributed by atoms with E-state index < -0.39 is 16.0 Å². The number of hydrogen-bond acceptors (Lipinski definition) is 5. The fourth-order valence-corrected chi connectivity index (χ4v) is 5.06. The highest BCUT2D eigenvalue weighted by molar-refractivity contribution is 7.80. The molecule has 1 amide bonds. The molecule has 0 saturated carbocycles. The molecule has 0 aromatic rings. The van der Waals surface area contributed by atoms with Crippen molar-refractivity contribution in [2.45, 2.75) is 142 Å². The maximum absolute atomic E-state index is 12.0. The molecule has 35 heavy (non-hydrogen) atoms. The van der Waals surface area contributed by atoms with Crippen LogP contribution in [0.4, 0.5) is 0 Å². The van der Waals surface area contributed by atoms with Gasteiger partial charge in [0, 0.05) is 13.0 Å². The second-order valence-corrected chi connectivity index (χ2v) is 11.0. The van der Waals surface area contributed by atoms with Gasteiger partial charge in [-0.05, 0) is 64.7 Å². The lowest BCUT2D eigenvalue weighted by Crippen LogP contribution is -2.37. The number of nitrogens with one attached hydrogen (secondary N) is 1. The minimum absolute atomic E-state index is 0. The average Bonchev–Trinajstić information content (AvgIpc) is 2.74. The highest BCUT2D eigenvalue weighted by atomic mass is 32.3. The van der Waals surface area contributed by atoms with Crippen molar-refractivity contribution < 1.29 is 21.9 Å². The molecule has 0 heterocycles. The van der Waals surface area contributed by atoms with E-state index in [-0.39, 0.29) is 18.0 Å². The average molecular weight is 521 g/mol. The van der Waals surface area contributed by atoms with E-state index in [2.05, 4.69) is 24.4 Å². The Morgan fingerprint density at radius 1 is 0.886 bits per heavy atom. The highest BCUT2D eigenvalue weighted by Gasteiger charge is 2.31. The number of hydrogen-bond donors (Lipinski definition) is 2. The van der Waals surface area contributed by atoms with Crippen LogP contribution in [0.1, 0.15) is 137 Å². The van der Waals surface area contributed by atoms with Crippen LogP contribution in [-0.2, 0) is 19.4 Å². The Kier molecular flexibility index (Phi) is 23.0. The summed E-state index contributed by atoms with van der Waals surface area (Å²) in [4.78, 5) is 12.0. The van der Waals surface area contributed by atoms with E-state index in [0.29, 0.717) is 25.8 Å². The molecule has 0 aliphatic heterocycles. The fourth-order valence-electron chi connectivity index (χ4n) is 4.40. The summed E-state index contributed by atoms with van der Waals surface area (Å²) < 4.78 is 37.5. The lowest BCUT2D eigenvalue weighted by Gasteiger charge is -2.34. The molecule has 0 aromatic heterocycles. The molecule has 8 heteroatoms. The first-order valence-corrected chi connectivity index (χ1v) is 15.0. The first-order chi connectivity index (χ1) is 16.1. The molecule has 5 N–H and O–H groups in total. The van der Waals surface area contributed by atoms with Crippen molar-refractivity contribution >= 4 is 16.3 Å². The molecule has 0 aliphatic carbocycles. The topological polar surface area (TPSA) is 132 Å². The third kappa shape index (κ3) is 23.2. The number of quaternary nitrogens is 1. The maximum atomic E-state index is 12.0. The van der Waals surface area contributed by atoms with Crippen LogP contribution < -0.4 is 11.5 Å². The minimum atomic E-state index is -4.73. The van der Waals surface area contributed by atoms with E-state index in [4.69, 9.17) is 4.18 Å². The molecule has 0 bridgehead atoms. The summed E-state index contributed by atoms with van der Waals surface area (Å²) in [6.45, 7) is 8.01. The van der Waals surface area contributed by atoms with Gasteiger partial charge in [0.15, 0.2) is 0 Å². The largest absolute Gasteiger partial charge is 0.726 e. The van der Waals surface area contributed by atoms with Gasteiger partial charge in [0.25, 0.3) is 0 Å². The van der Waals surface area contributed by atoms with Crippen molar-refractivity contribution in [2.75, 3.05) is 6.54 Å². The molecule has 0 saturated heterocycles. The van der Waals surface area contributed by atoms with Gasteiger partial charge in [0.1, 0.15) is 0 Å². The summed E-state index contributed by atoms with van der Waals surface area (Å²) in [7, 11) is -4.73. The Hall–Kier alpha value is -0.960. The van der Waals surface area contributed by atoms with E-state index in [1.54, 1.807) is 13.8 Å². The number of carbonyl (C=O) groups is 1. The van der Waals surface area contributed by atoms with Crippen LogP contribution >= 0.6 is 0 Å². The zero-order chi connectivity index (χ0) is 25.7. The van der Waals surface area contributed by atoms with Crippen molar-refractivity contribution in [2.24, 2.45) is 5.92 Å². The van der Waals surface area contributed by atoms with Gasteiger partial charge in [0.2, 0.25) is 16.3 Å². The number of amides is 1. The SMILES string of the molecule is CCCCCCCC/C=C\CCCCCCCC(=O)NCCCC(CC)C(C)(C)OS(=O)(=O)[O-].[NH4+]. The molecule has 0 radical (unpaired) electrons. The van der Waals surface area contributed by atoms with E-state index in [1.807, 2.05) is 6.92 Å². The van der Waals surface area contributed by atoms with Crippen LogP contribution in [-0.4, -0.2) is 31.0 Å². The van der Waals surface area contributed by atoms with Crippen molar-refractivity contribution in [3.8, 4) is 0 Å². The lowest BCUT2D eigenvalue weighted by atomic mass is 9.85.